The molecule has 3 aliphatic rings. The molecule has 13 heteroatoms. The number of carbonyl (C=O) groups excluding carboxylic acids is 6. The van der Waals surface area contributed by atoms with Crippen molar-refractivity contribution in [3.63, 3.8) is 0 Å². The highest BCUT2D eigenvalue weighted by molar-refractivity contribution is 6.21. The number of hydrogen-bond donors (Lipinski definition) is 2. The van der Waals surface area contributed by atoms with E-state index in [1.807, 2.05) is 51.1 Å². The molecule has 0 saturated carbocycles. The van der Waals surface area contributed by atoms with Crippen LogP contribution in [0.2, 0.25) is 0 Å². The molecule has 1 aliphatic carbocycles. The zero-order chi connectivity index (χ0) is 42.1. The Balaban J connectivity index is 1.24. The number of fused-ring (bicyclic) bond motifs is 3. The van der Waals surface area contributed by atoms with Gasteiger partial charge in [0.25, 0.3) is 11.8 Å². The molecule has 308 valence electrons. The molecule has 58 heavy (non-hydrogen) atoms. The van der Waals surface area contributed by atoms with E-state index in [0.717, 1.165) is 36.0 Å². The smallest absolute Gasteiger partial charge is 0.410 e. The number of likely N-dealkylation sites (N-methyl/N-ethyl adjacent to an activating group) is 1. The van der Waals surface area contributed by atoms with E-state index in [0.29, 0.717) is 16.9 Å². The highest BCUT2D eigenvalue weighted by Crippen LogP contribution is 2.33. The lowest BCUT2D eigenvalue weighted by Crippen LogP contribution is -2.62. The van der Waals surface area contributed by atoms with Crippen LogP contribution >= 0.6 is 0 Å². The summed E-state index contributed by atoms with van der Waals surface area (Å²) in [4.78, 5) is 85.6. The Morgan fingerprint density at radius 3 is 2.19 bits per heavy atom. The van der Waals surface area contributed by atoms with Crippen LogP contribution in [0.5, 0.6) is 5.75 Å². The molecule has 2 aliphatic heterocycles. The van der Waals surface area contributed by atoms with Crippen LogP contribution in [0.1, 0.15) is 110 Å². The fraction of sp³-hybridized carbons (Fsp3) is 0.467. The Labute approximate surface area is 340 Å². The molecule has 0 spiro atoms. The van der Waals surface area contributed by atoms with Crippen LogP contribution in [0, 0.1) is 5.41 Å². The summed E-state index contributed by atoms with van der Waals surface area (Å²) in [7, 11) is 1.47. The van der Waals surface area contributed by atoms with Crippen molar-refractivity contribution in [3.05, 3.63) is 100 Å². The van der Waals surface area contributed by atoms with Crippen LogP contribution in [0.15, 0.2) is 66.7 Å². The average molecular weight is 794 g/mol. The highest BCUT2D eigenvalue weighted by Gasteiger charge is 2.44. The van der Waals surface area contributed by atoms with Gasteiger partial charge in [-0.1, -0.05) is 63.2 Å². The first-order valence-corrected chi connectivity index (χ1v) is 20.0. The van der Waals surface area contributed by atoms with E-state index in [9.17, 15) is 28.8 Å². The minimum atomic E-state index is -1.07. The normalized spacial score (nSPS) is 18.6. The van der Waals surface area contributed by atoms with Gasteiger partial charge in [-0.3, -0.25) is 33.8 Å². The summed E-state index contributed by atoms with van der Waals surface area (Å²) in [6.07, 6.45) is 2.16. The second-order valence-electron chi connectivity index (χ2n) is 17.5. The van der Waals surface area contributed by atoms with E-state index in [1.54, 1.807) is 58.0 Å². The first-order chi connectivity index (χ1) is 27.3. The van der Waals surface area contributed by atoms with E-state index < -0.39 is 47.0 Å². The average Bonchev–Trinajstić information content (AvgIpc) is 3.42. The quantitative estimate of drug-likeness (QED) is 0.252. The van der Waals surface area contributed by atoms with Gasteiger partial charge < -0.3 is 25.0 Å². The van der Waals surface area contributed by atoms with Crippen molar-refractivity contribution >= 4 is 35.6 Å². The minimum Gasteiger partial charge on any atom is -0.492 e. The van der Waals surface area contributed by atoms with E-state index in [-0.39, 0.29) is 49.9 Å². The molecule has 2 heterocycles. The molecule has 6 amide bonds. The van der Waals surface area contributed by atoms with Crippen LogP contribution in [0.3, 0.4) is 0 Å². The van der Waals surface area contributed by atoms with Crippen LogP contribution < -0.4 is 15.4 Å². The van der Waals surface area contributed by atoms with Crippen LogP contribution in [0.25, 0.3) is 0 Å². The number of benzene rings is 3. The van der Waals surface area contributed by atoms with Crippen molar-refractivity contribution in [2.45, 2.75) is 110 Å². The lowest BCUT2D eigenvalue weighted by atomic mass is 9.83. The van der Waals surface area contributed by atoms with E-state index in [2.05, 4.69) is 16.7 Å². The molecule has 4 atom stereocenters. The van der Waals surface area contributed by atoms with Crippen LogP contribution in [0.4, 0.5) is 4.79 Å². The van der Waals surface area contributed by atoms with Gasteiger partial charge in [-0.2, -0.15) is 0 Å². The topological polar surface area (TPSA) is 155 Å². The van der Waals surface area contributed by atoms with Gasteiger partial charge in [-0.15, -0.1) is 0 Å². The van der Waals surface area contributed by atoms with Crippen molar-refractivity contribution < 1.29 is 38.2 Å². The predicted molar refractivity (Wildman–Crippen MR) is 217 cm³/mol. The molecule has 0 bridgehead atoms. The standard InChI is InChI=1S/C45H55N5O8/c1-27(48(8)43(56)58-45(5,6)7)38(51)47-37(44(2,3)4)42(55)50-26-30-24-31(57-23-22-49-40(53)33-17-11-12-18-34(33)41(49)54)21-20-29(30)25-36(50)39(52)46-35-19-13-15-28-14-9-10-16-32(28)35/h9-12,14,16-18,20-21,24,27,35-37H,13,15,19,22-23,25-26H2,1-8H3,(H,46,52)(H,47,51)/t27?,35-,36+,37?/m1/s1. The van der Waals surface area contributed by atoms with Crippen LogP contribution in [-0.4, -0.2) is 94.3 Å². The molecule has 0 aromatic heterocycles. The molecule has 0 saturated heterocycles. The largest absolute Gasteiger partial charge is 0.492 e. The van der Waals surface area contributed by atoms with Gasteiger partial charge >= 0.3 is 6.09 Å². The van der Waals surface area contributed by atoms with Gasteiger partial charge in [0, 0.05) is 20.0 Å². The monoisotopic (exact) mass is 793 g/mol. The number of nitrogens with zero attached hydrogens (tertiary/aromatic N) is 3. The van der Waals surface area contributed by atoms with Gasteiger partial charge in [-0.05, 0) is 98.9 Å². The number of hydrogen-bond acceptors (Lipinski definition) is 8. The fourth-order valence-electron chi connectivity index (χ4n) is 7.73. The summed E-state index contributed by atoms with van der Waals surface area (Å²) in [5.41, 5.74) is 3.06. The van der Waals surface area contributed by atoms with Crippen molar-refractivity contribution in [3.8, 4) is 5.75 Å². The van der Waals surface area contributed by atoms with Gasteiger partial charge in [0.2, 0.25) is 17.7 Å². The molecule has 2 unspecified atom stereocenters. The predicted octanol–water partition coefficient (Wildman–Crippen LogP) is 5.60. The second-order valence-corrected chi connectivity index (χ2v) is 17.5. The highest BCUT2D eigenvalue weighted by atomic mass is 16.6. The molecular weight excluding hydrogens is 739 g/mol. The van der Waals surface area contributed by atoms with Crippen LogP contribution in [-0.2, 0) is 38.5 Å². The van der Waals surface area contributed by atoms with E-state index >= 15 is 0 Å². The summed E-state index contributed by atoms with van der Waals surface area (Å²) < 4.78 is 11.5. The number of amides is 6. The SMILES string of the molecule is CC(C(=O)NC(C(=O)N1Cc2cc(OCCN3C(=O)c4ccccc4C3=O)ccc2C[C@H]1C(=O)N[C@@H]1CCCc2ccccc21)C(C)(C)C)N(C)C(=O)OC(C)(C)C. The number of rotatable bonds is 10. The molecule has 3 aromatic carbocycles. The van der Waals surface area contributed by atoms with Crippen molar-refractivity contribution in [2.75, 3.05) is 20.2 Å². The summed E-state index contributed by atoms with van der Waals surface area (Å²) in [6.45, 7) is 12.4. The fourth-order valence-corrected chi connectivity index (χ4v) is 7.73. The molecule has 13 nitrogen and oxygen atoms in total. The Morgan fingerprint density at radius 1 is 0.879 bits per heavy atom. The lowest BCUT2D eigenvalue weighted by Gasteiger charge is -2.42. The van der Waals surface area contributed by atoms with Gasteiger partial charge in [0.15, 0.2) is 0 Å². The summed E-state index contributed by atoms with van der Waals surface area (Å²) in [5, 5.41) is 6.17. The van der Waals surface area contributed by atoms with Gasteiger partial charge in [-0.25, -0.2) is 4.79 Å². The zero-order valence-corrected chi connectivity index (χ0v) is 34.7. The second kappa shape index (κ2) is 16.6. The third-order valence-corrected chi connectivity index (χ3v) is 11.1. The first kappa shape index (κ1) is 41.9. The Hall–Kier alpha value is -5.72. The van der Waals surface area contributed by atoms with Crippen molar-refractivity contribution in [2.24, 2.45) is 5.41 Å². The molecule has 0 fully saturated rings. The molecule has 6 rings (SSSR count). The number of nitrogens with one attached hydrogen (secondary N) is 2. The zero-order valence-electron chi connectivity index (χ0n) is 34.7. The maximum atomic E-state index is 14.9. The van der Waals surface area contributed by atoms with Gasteiger partial charge in [0.05, 0.1) is 23.7 Å². The number of aryl methyl sites for hydroxylation is 1. The number of imide groups is 1. The number of carbonyl (C=O) groups is 6. The summed E-state index contributed by atoms with van der Waals surface area (Å²) >= 11 is 0. The molecular formula is C45H55N5O8. The van der Waals surface area contributed by atoms with Crippen molar-refractivity contribution in [1.29, 1.82) is 0 Å². The Morgan fingerprint density at radius 2 is 1.53 bits per heavy atom. The maximum absolute atomic E-state index is 14.9. The molecule has 0 radical (unpaired) electrons. The third kappa shape index (κ3) is 9.03. The Bertz CT molecular complexity index is 2070. The van der Waals surface area contributed by atoms with E-state index in [1.165, 1.54) is 27.3 Å². The minimum absolute atomic E-state index is 0.0504. The lowest BCUT2D eigenvalue weighted by molar-refractivity contribution is -0.147. The third-order valence-electron chi connectivity index (χ3n) is 11.1. The molecule has 2 N–H and O–H groups in total. The van der Waals surface area contributed by atoms with E-state index in [4.69, 9.17) is 9.47 Å². The number of ether oxygens (including phenoxy) is 2. The van der Waals surface area contributed by atoms with Crippen molar-refractivity contribution in [1.82, 2.24) is 25.3 Å². The summed E-state index contributed by atoms with van der Waals surface area (Å²) in [5.74, 6) is -1.54. The molecule has 3 aromatic rings. The Kier molecular flexibility index (Phi) is 12.0. The maximum Gasteiger partial charge on any atom is 0.410 e. The summed E-state index contributed by atoms with van der Waals surface area (Å²) in [6, 6.07) is 17.1. The van der Waals surface area contributed by atoms with Gasteiger partial charge in [0.1, 0.15) is 36.1 Å². The first-order valence-electron chi connectivity index (χ1n) is 20.0.